The van der Waals surface area contributed by atoms with Gasteiger partial charge in [-0.1, -0.05) is 55.5 Å². The van der Waals surface area contributed by atoms with E-state index in [1.165, 1.54) is 0 Å². The summed E-state index contributed by atoms with van der Waals surface area (Å²) in [5.41, 5.74) is 2.62. The molecule has 3 atom stereocenters. The maximum atomic E-state index is 13.8. The molecule has 0 radical (unpaired) electrons. The topological polar surface area (TPSA) is 103 Å². The van der Waals surface area contributed by atoms with Crippen molar-refractivity contribution in [3.8, 4) is 11.5 Å². The van der Waals surface area contributed by atoms with Crippen LogP contribution < -0.4 is 20.1 Å². The van der Waals surface area contributed by atoms with Crippen LogP contribution in [0.15, 0.2) is 84.9 Å². The van der Waals surface area contributed by atoms with Gasteiger partial charge in [-0.05, 0) is 61.3 Å². The van der Waals surface area contributed by atoms with Crippen molar-refractivity contribution < 1.29 is 24.2 Å². The number of carbonyl (C=O) groups excluding carboxylic acids is 2. The molecule has 4 aromatic carbocycles. The number of nitrogens with one attached hydrogen (secondary N) is 2. The molecular weight excluding hydrogens is 556 g/mol. The lowest BCUT2D eigenvalue weighted by molar-refractivity contribution is 0.0341. The number of carbonyl (C=O) groups is 2. The van der Waals surface area contributed by atoms with Crippen LogP contribution in [0, 0.1) is 5.92 Å². The highest BCUT2D eigenvalue weighted by Gasteiger charge is 2.33. The predicted molar refractivity (Wildman–Crippen MR) is 174 cm³/mol. The monoisotopic (exact) mass is 596 g/mol. The van der Waals surface area contributed by atoms with Gasteiger partial charge in [0.05, 0.1) is 31.0 Å². The minimum atomic E-state index is -0.423. The van der Waals surface area contributed by atoms with Crippen LogP contribution in [0.5, 0.6) is 11.5 Å². The molecule has 0 bridgehead atoms. The summed E-state index contributed by atoms with van der Waals surface area (Å²) in [6.45, 7) is 5.48. The van der Waals surface area contributed by atoms with Crippen LogP contribution in [-0.4, -0.2) is 72.8 Å². The van der Waals surface area contributed by atoms with Crippen LogP contribution >= 0.6 is 0 Å². The number of nitrogens with zero attached hydrogens (tertiary/aromatic N) is 2. The van der Waals surface area contributed by atoms with Crippen LogP contribution in [0.2, 0.25) is 0 Å². The Morgan fingerprint density at radius 3 is 2.57 bits per heavy atom. The lowest BCUT2D eigenvalue weighted by Crippen LogP contribution is -2.49. The van der Waals surface area contributed by atoms with Crippen LogP contribution in [0.4, 0.5) is 16.2 Å². The number of fused-ring (bicyclic) bond motifs is 2. The molecule has 9 heteroatoms. The van der Waals surface area contributed by atoms with Crippen LogP contribution in [0.3, 0.4) is 0 Å². The number of aliphatic hydroxyl groups is 1. The van der Waals surface area contributed by atoms with E-state index in [1.807, 2.05) is 80.7 Å². The summed E-state index contributed by atoms with van der Waals surface area (Å²) < 4.78 is 11.8. The van der Waals surface area contributed by atoms with Gasteiger partial charge in [-0.25, -0.2) is 4.79 Å². The predicted octanol–water partition coefficient (Wildman–Crippen LogP) is 5.84. The molecule has 230 valence electrons. The van der Waals surface area contributed by atoms with Gasteiger partial charge < -0.3 is 30.1 Å². The Balaban J connectivity index is 1.36. The number of aliphatic hydroxyl groups excluding tert-OH is 1. The van der Waals surface area contributed by atoms with Crippen molar-refractivity contribution in [3.63, 3.8) is 0 Å². The lowest BCUT2D eigenvalue weighted by atomic mass is 9.99. The van der Waals surface area contributed by atoms with Crippen LogP contribution in [0.25, 0.3) is 10.8 Å². The first-order chi connectivity index (χ1) is 21.2. The van der Waals surface area contributed by atoms with E-state index in [-0.39, 0.29) is 30.6 Å². The second kappa shape index (κ2) is 13.8. The molecule has 1 aliphatic rings. The highest BCUT2D eigenvalue weighted by Crippen LogP contribution is 2.31. The molecule has 1 aliphatic heterocycles. The molecule has 3 amide bonds. The number of urea groups is 1. The normalized spacial score (nSPS) is 17.3. The number of methoxy groups -OCH3 is 1. The summed E-state index contributed by atoms with van der Waals surface area (Å²) in [4.78, 5) is 30.7. The molecule has 0 saturated heterocycles. The zero-order valence-corrected chi connectivity index (χ0v) is 25.6. The number of amides is 3. The Hall–Kier alpha value is -4.60. The van der Waals surface area contributed by atoms with Gasteiger partial charge in [0.1, 0.15) is 17.6 Å². The van der Waals surface area contributed by atoms with Gasteiger partial charge in [-0.2, -0.15) is 0 Å². The number of hydrogen-bond donors (Lipinski definition) is 3. The van der Waals surface area contributed by atoms with Crippen molar-refractivity contribution in [2.45, 2.75) is 32.5 Å². The number of anilines is 2. The average molecular weight is 597 g/mol. The minimum absolute atomic E-state index is 0.0105. The Morgan fingerprint density at radius 1 is 1.07 bits per heavy atom. The molecule has 44 heavy (non-hydrogen) atoms. The average Bonchev–Trinajstić information content (AvgIpc) is 3.03. The van der Waals surface area contributed by atoms with Gasteiger partial charge in [0.2, 0.25) is 0 Å². The molecule has 0 aliphatic carbocycles. The second-order valence-corrected chi connectivity index (χ2v) is 11.5. The molecule has 9 nitrogen and oxygen atoms in total. The number of likely N-dealkylation sites (N-methyl/N-ethyl adjacent to an activating group) is 1. The standard InChI is InChI=1S/C35H40N4O5/c1-23-19-39(24(2)22-40)34(41)30-18-27(36-35(42)37-31-11-7-9-26-8-5-6-10-29(26)31)14-17-32(30)44-33(23)21-38(3)20-25-12-15-28(43-4)16-13-25/h5-18,23-24,33,40H,19-22H2,1-4H3,(H2,36,37,42)/t23-,24-,33-/m0/s1. The third-order valence-electron chi connectivity index (χ3n) is 8.06. The maximum Gasteiger partial charge on any atom is 0.323 e. The molecule has 0 saturated carbocycles. The summed E-state index contributed by atoms with van der Waals surface area (Å²) in [6.07, 6.45) is -0.230. The van der Waals surface area contributed by atoms with E-state index >= 15 is 0 Å². The van der Waals surface area contributed by atoms with Crippen molar-refractivity contribution in [3.05, 3.63) is 96.1 Å². The smallest absolute Gasteiger partial charge is 0.323 e. The summed E-state index contributed by atoms with van der Waals surface area (Å²) in [5.74, 6) is 0.993. The molecule has 0 unspecified atom stereocenters. The summed E-state index contributed by atoms with van der Waals surface area (Å²) >= 11 is 0. The Kier molecular flexibility index (Phi) is 9.67. The third kappa shape index (κ3) is 7.12. The van der Waals surface area contributed by atoms with Crippen molar-refractivity contribution in [2.75, 3.05) is 44.5 Å². The van der Waals surface area contributed by atoms with Gasteiger partial charge in [0, 0.05) is 36.6 Å². The van der Waals surface area contributed by atoms with Gasteiger partial charge >= 0.3 is 6.03 Å². The van der Waals surface area contributed by atoms with E-state index in [1.54, 1.807) is 30.2 Å². The number of rotatable bonds is 9. The van der Waals surface area contributed by atoms with E-state index in [0.717, 1.165) is 22.1 Å². The molecule has 1 heterocycles. The van der Waals surface area contributed by atoms with Gasteiger partial charge in [0.25, 0.3) is 5.91 Å². The minimum Gasteiger partial charge on any atom is -0.497 e. The van der Waals surface area contributed by atoms with Crippen LogP contribution in [0.1, 0.15) is 29.8 Å². The highest BCUT2D eigenvalue weighted by molar-refractivity contribution is 6.07. The van der Waals surface area contributed by atoms with E-state index in [2.05, 4.69) is 22.5 Å². The van der Waals surface area contributed by atoms with Gasteiger partial charge in [-0.3, -0.25) is 9.69 Å². The zero-order chi connectivity index (χ0) is 31.2. The molecule has 3 N–H and O–H groups in total. The first-order valence-electron chi connectivity index (χ1n) is 14.9. The lowest BCUT2D eigenvalue weighted by Gasteiger charge is -2.38. The SMILES string of the molecule is COc1ccc(CN(C)C[C@@H]2Oc3ccc(NC(=O)Nc4cccc5ccccc45)cc3C(=O)N([C@@H](C)CO)C[C@@H]2C)cc1. The Bertz CT molecular complexity index is 1600. The molecular formula is C35H40N4O5. The zero-order valence-electron chi connectivity index (χ0n) is 25.6. The van der Waals surface area contributed by atoms with Crippen molar-refractivity contribution in [1.82, 2.24) is 9.80 Å². The third-order valence-corrected chi connectivity index (χ3v) is 8.06. The first-order valence-corrected chi connectivity index (χ1v) is 14.9. The van der Waals surface area contributed by atoms with E-state index in [0.29, 0.717) is 42.3 Å². The fourth-order valence-electron chi connectivity index (χ4n) is 5.55. The van der Waals surface area contributed by atoms with Crippen molar-refractivity contribution >= 4 is 34.1 Å². The number of hydrogen-bond acceptors (Lipinski definition) is 6. The molecule has 4 aromatic rings. The van der Waals surface area contributed by atoms with Crippen molar-refractivity contribution in [2.24, 2.45) is 5.92 Å². The molecule has 0 spiro atoms. The summed E-state index contributed by atoms with van der Waals surface area (Å²) in [7, 11) is 3.69. The van der Waals surface area contributed by atoms with Gasteiger partial charge in [-0.15, -0.1) is 0 Å². The van der Waals surface area contributed by atoms with Crippen molar-refractivity contribution in [1.29, 1.82) is 0 Å². The van der Waals surface area contributed by atoms with Gasteiger partial charge in [0.15, 0.2) is 0 Å². The molecule has 5 rings (SSSR count). The van der Waals surface area contributed by atoms with E-state index < -0.39 is 6.03 Å². The van der Waals surface area contributed by atoms with Crippen LogP contribution in [-0.2, 0) is 6.54 Å². The highest BCUT2D eigenvalue weighted by atomic mass is 16.5. The van der Waals surface area contributed by atoms with E-state index in [4.69, 9.17) is 9.47 Å². The quantitative estimate of drug-likeness (QED) is 0.224. The van der Waals surface area contributed by atoms with E-state index in [9.17, 15) is 14.7 Å². The Labute approximate surface area is 258 Å². The Morgan fingerprint density at radius 2 is 1.82 bits per heavy atom. The molecule has 0 fully saturated rings. The fourth-order valence-corrected chi connectivity index (χ4v) is 5.55. The fraction of sp³-hybridized carbons (Fsp3) is 0.314. The number of ether oxygens (including phenoxy) is 2. The molecule has 0 aromatic heterocycles. The number of benzene rings is 4. The summed E-state index contributed by atoms with van der Waals surface area (Å²) in [6, 6.07) is 25.8. The maximum absolute atomic E-state index is 13.8. The summed E-state index contributed by atoms with van der Waals surface area (Å²) in [5, 5.41) is 17.7. The first kappa shape index (κ1) is 30.8. The second-order valence-electron chi connectivity index (χ2n) is 11.5. The largest absolute Gasteiger partial charge is 0.497 e.